The van der Waals surface area contributed by atoms with Crippen LogP contribution < -0.4 is 24.8 Å². The minimum Gasteiger partial charge on any atom is -1.00 e. The van der Waals surface area contributed by atoms with E-state index in [-0.39, 0.29) is 30.2 Å². The van der Waals surface area contributed by atoms with Crippen molar-refractivity contribution in [1.29, 1.82) is 0 Å². The molecule has 2 aliphatic rings. The van der Waals surface area contributed by atoms with Gasteiger partial charge in [-0.15, -0.1) is 69.1 Å². The van der Waals surface area contributed by atoms with Crippen LogP contribution in [0.4, 0.5) is 0 Å². The van der Waals surface area contributed by atoms with Crippen molar-refractivity contribution in [1.82, 2.24) is 0 Å². The molecule has 0 atom stereocenters. The summed E-state index contributed by atoms with van der Waals surface area (Å²) in [5, 5.41) is 5.63. The molecule has 2 aliphatic carbocycles. The average molecular weight is 851 g/mol. The molecule has 0 aromatic heterocycles. The third-order valence-electron chi connectivity index (χ3n) is 11.4. The Kier molecular flexibility index (Phi) is 17.6. The molecule has 6 aromatic carbocycles. The van der Waals surface area contributed by atoms with Crippen LogP contribution in [0.5, 0.6) is 0 Å². The van der Waals surface area contributed by atoms with E-state index < -0.39 is 0 Å². The molecule has 2 saturated carbocycles. The van der Waals surface area contributed by atoms with Crippen LogP contribution in [0.3, 0.4) is 0 Å². The molecule has 0 radical (unpaired) electrons. The van der Waals surface area contributed by atoms with Crippen molar-refractivity contribution in [3.8, 4) is 22.3 Å². The van der Waals surface area contributed by atoms with Crippen molar-refractivity contribution in [2.75, 3.05) is 0 Å². The molecule has 0 bridgehead atoms. The molecule has 4 heteroatoms. The predicted molar refractivity (Wildman–Crippen MR) is 227 cm³/mol. The van der Waals surface area contributed by atoms with Gasteiger partial charge in [-0.05, 0) is 58.8 Å². The fraction of sp³-hybridized carbons (Fsp3) is 0.400. The van der Waals surface area contributed by atoms with Gasteiger partial charge in [-0.3, -0.25) is 0 Å². The Hall–Kier alpha value is -2.22. The smallest absolute Gasteiger partial charge is 1.00 e. The van der Waals surface area contributed by atoms with Crippen molar-refractivity contribution < 1.29 is 48.1 Å². The van der Waals surface area contributed by atoms with E-state index in [0.29, 0.717) is 11.8 Å². The summed E-state index contributed by atoms with van der Waals surface area (Å²) >= 11 is 1.74. The third kappa shape index (κ3) is 11.9. The summed E-state index contributed by atoms with van der Waals surface area (Å²) in [7, 11) is 0. The second kappa shape index (κ2) is 21.3. The Morgan fingerprint density at radius 1 is 0.556 bits per heavy atom. The minimum absolute atomic E-state index is 0. The zero-order chi connectivity index (χ0) is 36.6. The summed E-state index contributed by atoms with van der Waals surface area (Å²) in [5.41, 5.74) is 11.5. The number of benzene rings is 4. The zero-order valence-corrected chi connectivity index (χ0v) is 38.5. The second-order valence-corrected chi connectivity index (χ2v) is 26.0. The molecule has 2 fully saturated rings. The SMILES string of the molecule is CC(C)c1ccc(-c2cccc3[cH-]c(CC4CCCC4)cc23)cc1.CC(C)c1ccc(-c2cccc3[cH-]c(CC4CCCC4)cc23)cc1.C[Si](C)=[Zr+2].[Cl-].[Cl-]. The van der Waals surface area contributed by atoms with Crippen molar-refractivity contribution in [3.05, 3.63) is 131 Å². The first-order chi connectivity index (χ1) is 25.1. The Bertz CT molecular complexity index is 1890. The van der Waals surface area contributed by atoms with Gasteiger partial charge in [0.15, 0.2) is 0 Å². The van der Waals surface area contributed by atoms with E-state index in [9.17, 15) is 0 Å². The van der Waals surface area contributed by atoms with Gasteiger partial charge in [-0.2, -0.15) is 12.1 Å². The summed E-state index contributed by atoms with van der Waals surface area (Å²) in [4.78, 5) is 0. The quantitative estimate of drug-likeness (QED) is 0.106. The van der Waals surface area contributed by atoms with Crippen molar-refractivity contribution in [3.63, 3.8) is 0 Å². The molecular weight excluding hydrogens is 791 g/mol. The van der Waals surface area contributed by atoms with Crippen LogP contribution in [0.1, 0.15) is 113 Å². The maximum atomic E-state index is 2.44. The van der Waals surface area contributed by atoms with Gasteiger partial charge >= 0.3 is 41.9 Å². The Morgan fingerprint density at radius 3 is 1.20 bits per heavy atom. The summed E-state index contributed by atoms with van der Waals surface area (Å²) in [5.74, 6) is 3.00. The Balaban J connectivity index is 0.000000212. The van der Waals surface area contributed by atoms with Gasteiger partial charge in [0.2, 0.25) is 0 Å². The normalized spacial score (nSPS) is 14.4. The summed E-state index contributed by atoms with van der Waals surface area (Å²) in [6.45, 7) is 13.6. The second-order valence-electron chi connectivity index (χ2n) is 16.6. The van der Waals surface area contributed by atoms with E-state index in [1.807, 2.05) is 0 Å². The first-order valence-electron chi connectivity index (χ1n) is 20.2. The molecule has 0 unspecified atom stereocenters. The molecule has 0 aliphatic heterocycles. The molecule has 284 valence electrons. The molecule has 0 heterocycles. The van der Waals surface area contributed by atoms with Gasteiger partial charge in [-0.25, -0.2) is 0 Å². The number of hydrogen-bond acceptors (Lipinski definition) is 0. The van der Waals surface area contributed by atoms with Gasteiger partial charge in [0.25, 0.3) is 0 Å². The summed E-state index contributed by atoms with van der Waals surface area (Å²) in [6, 6.07) is 41.4. The van der Waals surface area contributed by atoms with Crippen LogP contribution in [0.25, 0.3) is 43.8 Å². The third-order valence-corrected chi connectivity index (χ3v) is 11.4. The van der Waals surface area contributed by atoms with Crippen LogP contribution >= 0.6 is 0 Å². The van der Waals surface area contributed by atoms with Gasteiger partial charge < -0.3 is 24.8 Å². The van der Waals surface area contributed by atoms with Crippen LogP contribution in [0.15, 0.2) is 109 Å². The monoisotopic (exact) mass is 848 g/mol. The molecule has 0 spiro atoms. The number of halogens is 2. The number of hydrogen-bond donors (Lipinski definition) is 0. The van der Waals surface area contributed by atoms with E-state index in [1.165, 1.54) is 130 Å². The van der Waals surface area contributed by atoms with Crippen molar-refractivity contribution in [2.45, 2.75) is 117 Å². The molecule has 8 rings (SSSR count). The first kappa shape index (κ1) is 44.5. The predicted octanol–water partition coefficient (Wildman–Crippen LogP) is 8.96. The molecule has 0 amide bonds. The fourth-order valence-corrected chi connectivity index (χ4v) is 8.52. The minimum atomic E-state index is 0. The van der Waals surface area contributed by atoms with E-state index in [4.69, 9.17) is 0 Å². The maximum absolute atomic E-state index is 2.44. The van der Waals surface area contributed by atoms with Crippen molar-refractivity contribution >= 4 is 27.0 Å². The zero-order valence-electron chi connectivity index (χ0n) is 33.5. The average Bonchev–Trinajstić information content (AvgIpc) is 3.96. The topological polar surface area (TPSA) is 0 Å². The van der Waals surface area contributed by atoms with Crippen LogP contribution in [0.2, 0.25) is 13.1 Å². The molecule has 0 N–H and O–H groups in total. The molecule has 0 nitrogen and oxygen atoms in total. The standard InChI is InChI=1S/2C24H27.C2H6Si.2ClH.Zr/c2*1-17(2)20-10-12-21(13-11-20)23-9-5-8-22-15-19(16-24(22)23)14-18-6-3-4-7-18;1-3-2;;;/h2*5,8-13,15-18H,3-4,6-7,14H2,1-2H3;1-2H3;2*1H;/q2*-1;;;;+2/p-2. The molecular formula is C50H60Cl2SiZr-2. The van der Waals surface area contributed by atoms with E-state index in [0.717, 1.165) is 11.8 Å². The van der Waals surface area contributed by atoms with Gasteiger partial charge in [0.1, 0.15) is 0 Å². The molecule has 0 saturated heterocycles. The van der Waals surface area contributed by atoms with Gasteiger partial charge in [0.05, 0.1) is 0 Å². The van der Waals surface area contributed by atoms with Crippen LogP contribution in [-0.4, -0.2) is 5.43 Å². The Morgan fingerprint density at radius 2 is 0.889 bits per heavy atom. The maximum Gasteiger partial charge on any atom is -1.00 e. The number of fused-ring (bicyclic) bond motifs is 2. The van der Waals surface area contributed by atoms with E-state index in [1.54, 1.807) is 23.3 Å². The van der Waals surface area contributed by atoms with Gasteiger partial charge in [0, 0.05) is 0 Å². The number of rotatable bonds is 8. The Labute approximate surface area is 354 Å². The van der Waals surface area contributed by atoms with E-state index in [2.05, 4.69) is 150 Å². The van der Waals surface area contributed by atoms with Crippen molar-refractivity contribution in [2.24, 2.45) is 11.8 Å². The largest absolute Gasteiger partial charge is 1.00 e. The van der Waals surface area contributed by atoms with Crippen LogP contribution in [-0.2, 0) is 36.2 Å². The first-order valence-corrected chi connectivity index (χ1v) is 26.4. The van der Waals surface area contributed by atoms with Crippen LogP contribution in [0, 0.1) is 11.8 Å². The fourth-order valence-electron chi connectivity index (χ4n) is 8.52. The molecule has 6 aromatic rings. The summed E-state index contributed by atoms with van der Waals surface area (Å²) in [6.07, 6.45) is 13.9. The molecule has 54 heavy (non-hydrogen) atoms. The summed E-state index contributed by atoms with van der Waals surface area (Å²) < 4.78 is 0. The van der Waals surface area contributed by atoms with E-state index >= 15 is 0 Å². The van der Waals surface area contributed by atoms with Gasteiger partial charge in [-0.1, -0.05) is 151 Å².